The second-order valence-electron chi connectivity index (χ2n) is 6.13. The third-order valence-corrected chi connectivity index (χ3v) is 3.47. The molecule has 0 saturated carbocycles. The topological polar surface area (TPSA) is 26.3 Å². The highest BCUT2D eigenvalue weighted by atomic mass is 31.1. The molecule has 1 aromatic rings. The molecule has 0 fully saturated rings. The fourth-order valence-electron chi connectivity index (χ4n) is 2.00. The van der Waals surface area contributed by atoms with Gasteiger partial charge in [0, 0.05) is 0 Å². The molecule has 0 bridgehead atoms. The Morgan fingerprint density at radius 2 is 1.89 bits per heavy atom. The molecule has 2 nitrogen and oxygen atoms in total. The molecule has 0 amide bonds. The van der Waals surface area contributed by atoms with Crippen LogP contribution < -0.4 is 10.0 Å². The Balaban J connectivity index is 3.40. The van der Waals surface area contributed by atoms with E-state index in [2.05, 4.69) is 40.7 Å². The maximum atomic E-state index is 11.3. The van der Waals surface area contributed by atoms with E-state index in [0.29, 0.717) is 5.92 Å². The van der Waals surface area contributed by atoms with Crippen molar-refractivity contribution in [3.8, 4) is 5.75 Å². The van der Waals surface area contributed by atoms with Gasteiger partial charge in [0.25, 0.3) is 0 Å². The summed E-state index contributed by atoms with van der Waals surface area (Å²) in [4.78, 5) is 0. The minimum absolute atomic E-state index is 0.0228. The van der Waals surface area contributed by atoms with E-state index in [1.807, 2.05) is 6.07 Å². The molecule has 18 heavy (non-hydrogen) atoms. The van der Waals surface area contributed by atoms with E-state index in [1.165, 1.54) is 5.56 Å². The summed E-state index contributed by atoms with van der Waals surface area (Å²) in [5.74, 6) is 1.32. The molecular weight excluding hydrogens is 243 g/mol. The zero-order chi connectivity index (χ0) is 13.9. The van der Waals surface area contributed by atoms with Crippen molar-refractivity contribution in [1.29, 1.82) is 0 Å². The highest BCUT2D eigenvalue weighted by molar-refractivity contribution is 7.34. The van der Waals surface area contributed by atoms with Crippen LogP contribution in [0.15, 0.2) is 12.1 Å². The monoisotopic (exact) mass is 266 g/mol. The standard InChI is InChI=1S/C15H23O2P/c1-10(2)7-11-8-12(15(3,4)5)9-13(18-16)14(11)17-6/h8-10H,7H2,1-6H3. The summed E-state index contributed by atoms with van der Waals surface area (Å²) in [7, 11) is 1.67. The van der Waals surface area contributed by atoms with Crippen LogP contribution in [-0.2, 0) is 16.4 Å². The number of ether oxygens (including phenoxy) is 1. The molecule has 0 aromatic heterocycles. The Morgan fingerprint density at radius 3 is 2.28 bits per heavy atom. The first-order valence-electron chi connectivity index (χ1n) is 6.34. The summed E-state index contributed by atoms with van der Waals surface area (Å²) in [6.07, 6.45) is 0.940. The molecule has 0 heterocycles. The zero-order valence-corrected chi connectivity index (χ0v) is 13.1. The normalized spacial score (nSPS) is 12.2. The maximum Gasteiger partial charge on any atom is 0.196 e. The molecule has 1 rings (SSSR count). The Morgan fingerprint density at radius 1 is 1.28 bits per heavy atom. The molecule has 0 N–H and O–H groups in total. The van der Waals surface area contributed by atoms with Gasteiger partial charge in [-0.05, 0) is 34.9 Å². The van der Waals surface area contributed by atoms with Crippen molar-refractivity contribution < 1.29 is 9.30 Å². The number of methoxy groups -OCH3 is 1. The molecule has 1 aromatic carbocycles. The average molecular weight is 266 g/mol. The molecule has 0 aliphatic heterocycles. The Kier molecular flexibility index (Phi) is 4.92. The number of rotatable bonds is 4. The number of hydrogen-bond acceptors (Lipinski definition) is 2. The first-order chi connectivity index (χ1) is 8.29. The van der Waals surface area contributed by atoms with Crippen LogP contribution in [0.3, 0.4) is 0 Å². The van der Waals surface area contributed by atoms with Crippen molar-refractivity contribution >= 4 is 13.8 Å². The Bertz CT molecular complexity index is 431. The van der Waals surface area contributed by atoms with Crippen molar-refractivity contribution in [1.82, 2.24) is 0 Å². The van der Waals surface area contributed by atoms with Crippen LogP contribution in [-0.4, -0.2) is 7.11 Å². The van der Waals surface area contributed by atoms with Crippen LogP contribution in [0.5, 0.6) is 5.75 Å². The van der Waals surface area contributed by atoms with Gasteiger partial charge >= 0.3 is 0 Å². The Hall–Kier alpha value is -0.880. The quantitative estimate of drug-likeness (QED) is 0.767. The van der Waals surface area contributed by atoms with Crippen molar-refractivity contribution in [3.63, 3.8) is 0 Å². The van der Waals surface area contributed by atoms with Crippen LogP contribution in [0.2, 0.25) is 0 Å². The van der Waals surface area contributed by atoms with Gasteiger partial charge in [-0.3, -0.25) is 4.57 Å². The number of benzene rings is 1. The lowest BCUT2D eigenvalue weighted by molar-refractivity contribution is 0.409. The van der Waals surface area contributed by atoms with Gasteiger partial charge in [-0.15, -0.1) is 0 Å². The first-order valence-corrected chi connectivity index (χ1v) is 7.15. The molecule has 0 radical (unpaired) electrons. The fourth-order valence-corrected chi connectivity index (χ4v) is 2.51. The van der Waals surface area contributed by atoms with Gasteiger partial charge in [0.2, 0.25) is 0 Å². The second-order valence-corrected chi connectivity index (χ2v) is 6.79. The summed E-state index contributed by atoms with van der Waals surface area (Å²) in [6, 6.07) is 4.17. The molecule has 0 aliphatic carbocycles. The molecule has 0 saturated heterocycles. The van der Waals surface area contributed by atoms with Gasteiger partial charge in [-0.25, -0.2) is 0 Å². The molecule has 0 unspecified atom stereocenters. The highest BCUT2D eigenvalue weighted by Gasteiger charge is 2.20. The fraction of sp³-hybridized carbons (Fsp3) is 0.600. The van der Waals surface area contributed by atoms with Crippen molar-refractivity contribution in [2.24, 2.45) is 5.92 Å². The summed E-state index contributed by atoms with van der Waals surface area (Å²) in [5.41, 5.74) is 2.41. The molecule has 0 atom stereocenters. The van der Waals surface area contributed by atoms with E-state index >= 15 is 0 Å². The lowest BCUT2D eigenvalue weighted by Crippen LogP contribution is -2.16. The zero-order valence-electron chi connectivity index (χ0n) is 12.2. The van der Waals surface area contributed by atoms with Gasteiger partial charge < -0.3 is 4.74 Å². The van der Waals surface area contributed by atoms with Crippen LogP contribution >= 0.6 is 8.46 Å². The van der Waals surface area contributed by atoms with Gasteiger partial charge in [-0.1, -0.05) is 40.7 Å². The van der Waals surface area contributed by atoms with Crippen LogP contribution in [0.1, 0.15) is 45.7 Å². The summed E-state index contributed by atoms with van der Waals surface area (Å²) in [5, 5.41) is 0.751. The first kappa shape index (κ1) is 15.2. The number of hydrogen-bond donors (Lipinski definition) is 0. The van der Waals surface area contributed by atoms with E-state index in [9.17, 15) is 4.57 Å². The molecule has 0 spiro atoms. The SMILES string of the molecule is COc1c(CC(C)C)cc(C(C)(C)C)cc1P=O. The Labute approximate surface area is 112 Å². The smallest absolute Gasteiger partial charge is 0.196 e. The van der Waals surface area contributed by atoms with E-state index in [-0.39, 0.29) is 13.9 Å². The van der Waals surface area contributed by atoms with Crippen molar-refractivity contribution in [2.75, 3.05) is 7.11 Å². The summed E-state index contributed by atoms with van der Waals surface area (Å²) in [6.45, 7) is 10.9. The van der Waals surface area contributed by atoms with Crippen LogP contribution in [0.25, 0.3) is 0 Å². The molecule has 3 heteroatoms. The lowest BCUT2D eigenvalue weighted by Gasteiger charge is -2.22. The van der Waals surface area contributed by atoms with E-state index in [1.54, 1.807) is 7.11 Å². The highest BCUT2D eigenvalue weighted by Crippen LogP contribution is 2.30. The van der Waals surface area contributed by atoms with Crippen LogP contribution in [0.4, 0.5) is 0 Å². The van der Waals surface area contributed by atoms with E-state index < -0.39 is 0 Å². The molecule has 0 aliphatic rings. The van der Waals surface area contributed by atoms with Crippen LogP contribution in [0, 0.1) is 5.92 Å². The average Bonchev–Trinajstić information content (AvgIpc) is 2.25. The van der Waals surface area contributed by atoms with E-state index in [0.717, 1.165) is 23.0 Å². The van der Waals surface area contributed by atoms with E-state index in [4.69, 9.17) is 4.74 Å². The minimum atomic E-state index is 0.0228. The molecule has 100 valence electrons. The van der Waals surface area contributed by atoms with Gasteiger partial charge in [0.15, 0.2) is 8.46 Å². The third-order valence-electron chi connectivity index (χ3n) is 2.94. The minimum Gasteiger partial charge on any atom is -0.495 e. The maximum absolute atomic E-state index is 11.3. The lowest BCUT2D eigenvalue weighted by atomic mass is 9.85. The predicted octanol–water partition coefficient (Wildman–Crippen LogP) is 4.11. The van der Waals surface area contributed by atoms with Crippen molar-refractivity contribution in [2.45, 2.75) is 46.5 Å². The van der Waals surface area contributed by atoms with Gasteiger partial charge in [-0.2, -0.15) is 0 Å². The van der Waals surface area contributed by atoms with Gasteiger partial charge in [0.1, 0.15) is 5.75 Å². The van der Waals surface area contributed by atoms with Gasteiger partial charge in [0.05, 0.1) is 12.4 Å². The molecular formula is C15H23O2P. The van der Waals surface area contributed by atoms with Crippen molar-refractivity contribution in [3.05, 3.63) is 23.3 Å². The largest absolute Gasteiger partial charge is 0.495 e. The summed E-state index contributed by atoms with van der Waals surface area (Å²) < 4.78 is 16.7. The second kappa shape index (κ2) is 5.84. The third kappa shape index (κ3) is 3.55. The summed E-state index contributed by atoms with van der Waals surface area (Å²) >= 11 is 0. The predicted molar refractivity (Wildman–Crippen MR) is 77.5 cm³/mol.